The first-order chi connectivity index (χ1) is 8.21. The minimum Gasteiger partial charge on any atom is -0.312 e. The molecule has 1 aromatic heterocycles. The van der Waals surface area contributed by atoms with Gasteiger partial charge in [-0.2, -0.15) is 0 Å². The quantitative estimate of drug-likeness (QED) is 0.790. The highest BCUT2D eigenvalue weighted by Gasteiger charge is 2.11. The van der Waals surface area contributed by atoms with Gasteiger partial charge < -0.3 is 10.2 Å². The molecule has 0 fully saturated rings. The Bertz CT molecular complexity index is 309. The molecule has 0 aromatic carbocycles. The Morgan fingerprint density at radius 2 is 2.06 bits per heavy atom. The smallest absolute Gasteiger partial charge is 0.141 e. The van der Waals surface area contributed by atoms with Crippen molar-refractivity contribution in [1.82, 2.24) is 15.2 Å². The standard InChI is InChI=1S/C13H22FN3/c1-4-17(5-2)9-8-12(15-3)13-7-6-11(14)10-16-13/h6-7,10,12,15H,4-5,8-9H2,1-3H3. The Balaban J connectivity index is 2.56. The molecule has 1 atom stereocenters. The second-order valence-electron chi connectivity index (χ2n) is 4.06. The zero-order valence-corrected chi connectivity index (χ0v) is 10.9. The molecule has 1 rings (SSSR count). The lowest BCUT2D eigenvalue weighted by Gasteiger charge is -2.22. The molecule has 0 aliphatic carbocycles. The fourth-order valence-corrected chi connectivity index (χ4v) is 1.88. The van der Waals surface area contributed by atoms with Crippen molar-refractivity contribution in [2.24, 2.45) is 0 Å². The summed E-state index contributed by atoms with van der Waals surface area (Å²) in [5.74, 6) is -0.285. The van der Waals surface area contributed by atoms with Crippen molar-refractivity contribution in [2.45, 2.75) is 26.3 Å². The maximum atomic E-state index is 12.8. The molecule has 1 heterocycles. The van der Waals surface area contributed by atoms with Crippen molar-refractivity contribution in [1.29, 1.82) is 0 Å². The number of nitrogens with zero attached hydrogens (tertiary/aromatic N) is 2. The van der Waals surface area contributed by atoms with Gasteiger partial charge in [0, 0.05) is 0 Å². The highest BCUT2D eigenvalue weighted by Crippen LogP contribution is 2.14. The van der Waals surface area contributed by atoms with E-state index in [1.807, 2.05) is 7.05 Å². The van der Waals surface area contributed by atoms with E-state index in [4.69, 9.17) is 0 Å². The molecule has 96 valence electrons. The van der Waals surface area contributed by atoms with Gasteiger partial charge in [0.1, 0.15) is 5.82 Å². The lowest BCUT2D eigenvalue weighted by atomic mass is 10.1. The van der Waals surface area contributed by atoms with E-state index >= 15 is 0 Å². The number of hydrogen-bond acceptors (Lipinski definition) is 3. The summed E-state index contributed by atoms with van der Waals surface area (Å²) in [6.07, 6.45) is 2.26. The van der Waals surface area contributed by atoms with Gasteiger partial charge in [0.05, 0.1) is 17.9 Å². The summed E-state index contributed by atoms with van der Waals surface area (Å²) in [5.41, 5.74) is 0.904. The maximum Gasteiger partial charge on any atom is 0.141 e. The van der Waals surface area contributed by atoms with Gasteiger partial charge in [-0.25, -0.2) is 4.39 Å². The lowest BCUT2D eigenvalue weighted by molar-refractivity contribution is 0.283. The molecule has 0 aliphatic rings. The van der Waals surface area contributed by atoms with Crippen molar-refractivity contribution in [3.63, 3.8) is 0 Å². The summed E-state index contributed by atoms with van der Waals surface area (Å²) in [5, 5.41) is 3.23. The Morgan fingerprint density at radius 1 is 1.35 bits per heavy atom. The molecule has 0 aliphatic heterocycles. The van der Waals surface area contributed by atoms with Crippen LogP contribution in [-0.4, -0.2) is 36.6 Å². The van der Waals surface area contributed by atoms with Crippen LogP contribution in [0.2, 0.25) is 0 Å². The molecular formula is C13H22FN3. The van der Waals surface area contributed by atoms with Gasteiger partial charge in [-0.3, -0.25) is 4.98 Å². The molecule has 0 saturated carbocycles. The molecule has 1 unspecified atom stereocenters. The molecule has 3 nitrogen and oxygen atoms in total. The average molecular weight is 239 g/mol. The molecule has 4 heteroatoms. The second-order valence-corrected chi connectivity index (χ2v) is 4.06. The number of hydrogen-bond donors (Lipinski definition) is 1. The van der Waals surface area contributed by atoms with Gasteiger partial charge in [-0.05, 0) is 45.2 Å². The molecule has 0 bridgehead atoms. The van der Waals surface area contributed by atoms with Gasteiger partial charge in [0.15, 0.2) is 0 Å². The van der Waals surface area contributed by atoms with Gasteiger partial charge in [0.2, 0.25) is 0 Å². The van der Waals surface area contributed by atoms with E-state index < -0.39 is 0 Å². The SMILES string of the molecule is CCN(CC)CCC(NC)c1ccc(F)cn1. The fraction of sp³-hybridized carbons (Fsp3) is 0.615. The second kappa shape index (κ2) is 7.35. The van der Waals surface area contributed by atoms with E-state index in [-0.39, 0.29) is 11.9 Å². The van der Waals surface area contributed by atoms with Crippen LogP contribution >= 0.6 is 0 Å². The summed E-state index contributed by atoms with van der Waals surface area (Å²) in [6, 6.07) is 3.40. The van der Waals surface area contributed by atoms with Crippen LogP contribution in [0.15, 0.2) is 18.3 Å². The molecule has 17 heavy (non-hydrogen) atoms. The van der Waals surface area contributed by atoms with Crippen LogP contribution in [0.25, 0.3) is 0 Å². The number of rotatable bonds is 7. The number of nitrogens with one attached hydrogen (secondary N) is 1. The van der Waals surface area contributed by atoms with Gasteiger partial charge >= 0.3 is 0 Å². The predicted octanol–water partition coefficient (Wildman–Crippen LogP) is 2.21. The van der Waals surface area contributed by atoms with Crippen molar-refractivity contribution in [3.8, 4) is 0 Å². The lowest BCUT2D eigenvalue weighted by Crippen LogP contribution is -2.28. The molecule has 1 aromatic rings. The Kier molecular flexibility index (Phi) is 6.08. The van der Waals surface area contributed by atoms with Gasteiger partial charge in [-0.1, -0.05) is 13.8 Å². The van der Waals surface area contributed by atoms with Crippen LogP contribution in [0.4, 0.5) is 4.39 Å². The number of halogens is 1. The van der Waals surface area contributed by atoms with Crippen LogP contribution in [0.1, 0.15) is 32.0 Å². The normalized spacial score (nSPS) is 13.0. The number of aromatic nitrogens is 1. The monoisotopic (exact) mass is 239 g/mol. The highest BCUT2D eigenvalue weighted by molar-refractivity contribution is 5.09. The molecule has 1 N–H and O–H groups in total. The molecule has 0 amide bonds. The maximum absolute atomic E-state index is 12.8. The Morgan fingerprint density at radius 3 is 2.53 bits per heavy atom. The third kappa shape index (κ3) is 4.40. The first-order valence-electron chi connectivity index (χ1n) is 6.22. The van der Waals surface area contributed by atoms with E-state index in [2.05, 4.69) is 29.0 Å². The topological polar surface area (TPSA) is 28.2 Å². The zero-order valence-electron chi connectivity index (χ0n) is 10.9. The summed E-state index contributed by atoms with van der Waals surface area (Å²) in [6.45, 7) is 7.47. The van der Waals surface area contributed by atoms with E-state index in [0.29, 0.717) is 0 Å². The molecule has 0 spiro atoms. The third-order valence-corrected chi connectivity index (χ3v) is 3.08. The van der Waals surface area contributed by atoms with Crippen molar-refractivity contribution >= 4 is 0 Å². The van der Waals surface area contributed by atoms with Crippen molar-refractivity contribution < 1.29 is 4.39 Å². The van der Waals surface area contributed by atoms with Crippen LogP contribution in [0, 0.1) is 5.82 Å². The van der Waals surface area contributed by atoms with Gasteiger partial charge in [-0.15, -0.1) is 0 Å². The highest BCUT2D eigenvalue weighted by atomic mass is 19.1. The average Bonchev–Trinajstić information content (AvgIpc) is 2.36. The van der Waals surface area contributed by atoms with Crippen molar-refractivity contribution in [2.75, 3.05) is 26.7 Å². The summed E-state index contributed by atoms with van der Waals surface area (Å²) < 4.78 is 12.8. The van der Waals surface area contributed by atoms with E-state index in [0.717, 1.165) is 31.7 Å². The first kappa shape index (κ1) is 14.1. The van der Waals surface area contributed by atoms with Crippen molar-refractivity contribution in [3.05, 3.63) is 29.8 Å². The zero-order chi connectivity index (χ0) is 12.7. The third-order valence-electron chi connectivity index (χ3n) is 3.08. The fourth-order valence-electron chi connectivity index (χ4n) is 1.88. The van der Waals surface area contributed by atoms with E-state index in [9.17, 15) is 4.39 Å². The largest absolute Gasteiger partial charge is 0.312 e. The molecule has 0 radical (unpaired) electrons. The summed E-state index contributed by atoms with van der Waals surface area (Å²) >= 11 is 0. The summed E-state index contributed by atoms with van der Waals surface area (Å²) in [4.78, 5) is 6.49. The van der Waals surface area contributed by atoms with Crippen LogP contribution in [0.5, 0.6) is 0 Å². The molecular weight excluding hydrogens is 217 g/mol. The minimum atomic E-state index is -0.285. The van der Waals surface area contributed by atoms with Crippen LogP contribution < -0.4 is 5.32 Å². The minimum absolute atomic E-state index is 0.191. The first-order valence-corrected chi connectivity index (χ1v) is 6.22. The predicted molar refractivity (Wildman–Crippen MR) is 68.4 cm³/mol. The van der Waals surface area contributed by atoms with Crippen LogP contribution in [-0.2, 0) is 0 Å². The number of pyridine rings is 1. The Hall–Kier alpha value is -1.00. The Labute approximate surface area is 103 Å². The van der Waals surface area contributed by atoms with Gasteiger partial charge in [0.25, 0.3) is 0 Å². The molecule has 0 saturated heterocycles. The van der Waals surface area contributed by atoms with E-state index in [1.165, 1.54) is 12.3 Å². The van der Waals surface area contributed by atoms with Crippen LogP contribution in [0.3, 0.4) is 0 Å². The van der Waals surface area contributed by atoms with E-state index in [1.54, 1.807) is 6.07 Å². The summed E-state index contributed by atoms with van der Waals surface area (Å²) in [7, 11) is 1.91.